The predicted molar refractivity (Wildman–Crippen MR) is 88.4 cm³/mol. The van der Waals surface area contributed by atoms with Crippen LogP contribution < -0.4 is 0 Å². The van der Waals surface area contributed by atoms with Crippen molar-refractivity contribution in [2.24, 2.45) is 0 Å². The summed E-state index contributed by atoms with van der Waals surface area (Å²) in [6.45, 7) is 0. The van der Waals surface area contributed by atoms with Crippen molar-refractivity contribution in [1.82, 2.24) is 0 Å². The third-order valence-electron chi connectivity index (χ3n) is 0. The molecule has 1 nitrogen and oxygen atoms in total. The van der Waals surface area contributed by atoms with Gasteiger partial charge in [0.05, 0.1) is 0 Å². The van der Waals surface area contributed by atoms with E-state index in [0.717, 1.165) is 10.5 Å². The van der Waals surface area contributed by atoms with E-state index in [9.17, 15) is 0 Å². The van der Waals surface area contributed by atoms with Crippen molar-refractivity contribution in [3.8, 4) is 0 Å². The molecular formula is C9H40ClCo4Fe4OSi2-3. The summed E-state index contributed by atoms with van der Waals surface area (Å²) >= 11 is 0. The van der Waals surface area contributed by atoms with E-state index < -0.39 is 0 Å². The van der Waals surface area contributed by atoms with Crippen LogP contribution in [0.1, 0.15) is 37.1 Å². The van der Waals surface area contributed by atoms with Crippen LogP contribution in [0.25, 0.3) is 0 Å². The molecule has 0 heterocycles. The fraction of sp³-hybridized carbons (Fsp3) is 0.667. The third kappa shape index (κ3) is 562. The molecule has 0 aromatic heterocycles. The first-order valence-electron chi connectivity index (χ1n) is 0.816. The minimum absolute atomic E-state index is 0. The summed E-state index contributed by atoms with van der Waals surface area (Å²) in [4.78, 5) is 0. The van der Waals surface area contributed by atoms with Gasteiger partial charge in [0.25, 0.3) is 0 Å². The summed E-state index contributed by atoms with van der Waals surface area (Å²) in [6.07, 6.45) is 0. The molecule has 0 saturated carbocycles. The maximum Gasteiger partial charge on any atom is 0.145 e. The van der Waals surface area contributed by atoms with Gasteiger partial charge in [0.15, 0.2) is 0 Å². The third-order valence-corrected chi connectivity index (χ3v) is 0. The molecular weight excluding hydrogens is 675 g/mol. The van der Waals surface area contributed by atoms with Crippen LogP contribution in [0.3, 0.4) is 0 Å². The fourth-order valence-corrected chi connectivity index (χ4v) is 0. The first-order chi connectivity index (χ1) is 1.41. The molecule has 0 aromatic rings. The zero-order valence-corrected chi connectivity index (χ0v) is 20.0. The quantitative estimate of drug-likeness (QED) is 0.277. The van der Waals surface area contributed by atoms with Crippen LogP contribution in [0.5, 0.6) is 0 Å². The van der Waals surface area contributed by atoms with Crippen LogP contribution in [-0.2, 0) is 140 Å². The molecule has 0 atom stereocenters. The molecule has 0 saturated heterocycles. The monoisotopic (exact) mass is 715 g/mol. The topological polar surface area (TPSA) is 9.23 Å². The fourth-order valence-electron chi connectivity index (χ4n) is 0. The van der Waals surface area contributed by atoms with Crippen LogP contribution >= 0.6 is 12.4 Å². The van der Waals surface area contributed by atoms with Crippen LogP contribution in [0.15, 0.2) is 0 Å². The van der Waals surface area contributed by atoms with Crippen molar-refractivity contribution in [2.75, 3.05) is 7.11 Å². The Labute approximate surface area is 237 Å². The molecule has 0 aromatic carbocycles. The van der Waals surface area contributed by atoms with Crippen LogP contribution in [0.4, 0.5) is 0 Å². The Hall–Kier alpha value is 4.79. The Kier molecular flexibility index (Phi) is 6860. The summed E-state index contributed by atoms with van der Waals surface area (Å²) in [5, 5.41) is 0. The van der Waals surface area contributed by atoms with E-state index in [1.165, 1.54) is 0 Å². The maximum atomic E-state index is 4.39. The normalized spacial score (nSPS) is 1.00. The Morgan fingerprint density at radius 1 is 0.571 bits per heavy atom. The van der Waals surface area contributed by atoms with Crippen molar-refractivity contribution < 1.29 is 140 Å². The molecule has 4 radical (unpaired) electrons. The smallest absolute Gasteiger partial charge is 0.145 e. The summed E-state index contributed by atoms with van der Waals surface area (Å²) in [6, 6.07) is 0. The molecule has 0 bridgehead atoms. The van der Waals surface area contributed by atoms with E-state index >= 15 is 0 Å². The van der Waals surface area contributed by atoms with E-state index in [2.05, 4.69) is 4.43 Å². The Balaban J connectivity index is -0.000000000131. The van der Waals surface area contributed by atoms with Crippen LogP contribution in [-0.4, -0.2) is 28.6 Å². The van der Waals surface area contributed by atoms with Gasteiger partial charge in [0.1, 0.15) is 10.5 Å². The second kappa shape index (κ2) is 419. The van der Waals surface area contributed by atoms with Gasteiger partial charge in [-0.3, -0.25) is 0 Å². The molecule has 0 fully saturated rings. The number of rotatable bonds is 0. The Morgan fingerprint density at radius 2 is 0.571 bits per heavy atom. The van der Waals surface area contributed by atoms with Crippen molar-refractivity contribution in [3.05, 3.63) is 22.3 Å². The van der Waals surface area contributed by atoms with Gasteiger partial charge in [-0.15, -0.1) is 12.4 Å². The van der Waals surface area contributed by atoms with Gasteiger partial charge in [0, 0.05) is 142 Å². The van der Waals surface area contributed by atoms with Gasteiger partial charge >= 0.3 is 0 Å². The van der Waals surface area contributed by atoms with Gasteiger partial charge < -0.3 is 26.7 Å². The van der Waals surface area contributed by atoms with Crippen LogP contribution in [0.2, 0.25) is 0 Å². The summed E-state index contributed by atoms with van der Waals surface area (Å²) in [7, 11) is 2.56. The molecule has 0 unspecified atom stereocenters. The van der Waals surface area contributed by atoms with Gasteiger partial charge in [-0.1, -0.05) is 37.1 Å². The Bertz CT molecular complexity index is 45.7. The minimum atomic E-state index is 0. The number of hydrogen-bond donors (Lipinski definition) is 0. The molecule has 0 rings (SSSR count). The molecule has 0 amide bonds. The Morgan fingerprint density at radius 3 is 0.571 bits per heavy atom. The second-order valence-electron chi connectivity index (χ2n) is 0.408. The average Bonchev–Trinajstić information content (AvgIpc) is 0.918. The molecule has 0 N–H and O–H groups in total. The summed E-state index contributed by atoms with van der Waals surface area (Å²) in [5.74, 6) is 0. The van der Waals surface area contributed by atoms with E-state index in [4.69, 9.17) is 0 Å². The molecule has 0 aliphatic carbocycles. The SMILES string of the molecule is C.C.C.C.C.CO[SiH3].Cl.[CH3-].[CH3-].[CH3-].[Co].[Co].[Co].[Co].[Fe].[Fe].[Fe].[Fe].[SiH4]. The van der Waals surface area contributed by atoms with E-state index in [1.807, 2.05) is 0 Å². The molecule has 168 valence electrons. The molecule has 21 heavy (non-hydrogen) atoms. The molecule has 0 spiro atoms. The van der Waals surface area contributed by atoms with Crippen molar-refractivity contribution in [2.45, 2.75) is 37.1 Å². The average molecular weight is 715 g/mol. The predicted octanol–water partition coefficient (Wildman–Crippen LogP) is 2.39. The first-order valence-corrected chi connectivity index (χ1v) is 1.63. The molecule has 0 aliphatic heterocycles. The van der Waals surface area contributed by atoms with Gasteiger partial charge in [0.2, 0.25) is 0 Å². The van der Waals surface area contributed by atoms with Gasteiger partial charge in [-0.2, -0.15) is 0 Å². The van der Waals surface area contributed by atoms with Gasteiger partial charge in [-0.05, 0) is 11.0 Å². The van der Waals surface area contributed by atoms with E-state index in [1.54, 1.807) is 7.11 Å². The molecule has 12 heteroatoms. The zero-order chi connectivity index (χ0) is 2.71. The number of halogens is 1. The largest absolute Gasteiger partial charge is 0.431 e. The van der Waals surface area contributed by atoms with Crippen molar-refractivity contribution in [1.29, 1.82) is 0 Å². The zero-order valence-electron chi connectivity index (χ0n) is 8.56. The van der Waals surface area contributed by atoms with Crippen LogP contribution in [0, 0.1) is 22.3 Å². The van der Waals surface area contributed by atoms with Crippen molar-refractivity contribution in [3.63, 3.8) is 0 Å². The number of hydrogen-bond acceptors (Lipinski definition) is 1. The molecule has 0 aliphatic rings. The minimum Gasteiger partial charge on any atom is -0.431 e. The second-order valence-corrected chi connectivity index (χ2v) is 1.22. The summed E-state index contributed by atoms with van der Waals surface area (Å²) < 4.78 is 4.39. The van der Waals surface area contributed by atoms with Gasteiger partial charge in [-0.25, -0.2) is 0 Å². The van der Waals surface area contributed by atoms with E-state index in [-0.39, 0.29) is 218 Å². The standard InChI is InChI=1S/CH6OSi.5CH4.3CH3.ClH.4Co.4Fe.H4Si/c1-2-3;;;;;;;;;;;;;;;;;;/h1,3H3;5*1H4;3*1H3;1H;;;;;;;;;1H4/q;;;;;;3*-1;;;;;;;;;;. The first kappa shape index (κ1) is 344. The van der Waals surface area contributed by atoms with E-state index in [0.29, 0.717) is 0 Å². The maximum absolute atomic E-state index is 4.39. The van der Waals surface area contributed by atoms with Crippen molar-refractivity contribution >= 4 is 33.9 Å². The summed E-state index contributed by atoms with van der Waals surface area (Å²) in [5.41, 5.74) is 0.